The van der Waals surface area contributed by atoms with Gasteiger partial charge < -0.3 is 14.4 Å². The van der Waals surface area contributed by atoms with E-state index in [-0.39, 0.29) is 12.5 Å². The Balaban J connectivity index is 2.56. The molecule has 6 heteroatoms. The summed E-state index contributed by atoms with van der Waals surface area (Å²) >= 11 is 0. The molecule has 1 amide bonds. The molecule has 1 aliphatic rings. The van der Waals surface area contributed by atoms with Crippen molar-refractivity contribution < 1.29 is 19.1 Å². The first kappa shape index (κ1) is 11.3. The molecule has 0 N–H and O–H groups in total. The molecule has 0 spiro atoms. The zero-order valence-electron chi connectivity index (χ0n) is 8.43. The fourth-order valence-electron chi connectivity index (χ4n) is 1.62. The van der Waals surface area contributed by atoms with E-state index in [1.807, 2.05) is 0 Å². The third kappa shape index (κ3) is 2.59. The first-order valence-electron chi connectivity index (χ1n) is 4.59. The molecule has 0 bridgehead atoms. The van der Waals surface area contributed by atoms with Crippen molar-refractivity contribution in [1.29, 1.82) is 5.26 Å². The van der Waals surface area contributed by atoms with Gasteiger partial charge in [-0.25, -0.2) is 4.79 Å². The Morgan fingerprint density at radius 1 is 1.60 bits per heavy atom. The topological polar surface area (TPSA) is 79.6 Å². The summed E-state index contributed by atoms with van der Waals surface area (Å²) < 4.78 is 8.91. The zero-order chi connectivity index (χ0) is 11.3. The summed E-state index contributed by atoms with van der Waals surface area (Å²) in [6.07, 6.45) is 2.78. The molecule has 0 aromatic carbocycles. The second kappa shape index (κ2) is 5.20. The molecule has 1 heterocycles. The number of rotatable bonds is 3. The van der Waals surface area contributed by atoms with Crippen LogP contribution in [-0.2, 0) is 19.1 Å². The smallest absolute Gasteiger partial charge is 0.328 e. The Labute approximate surface area is 87.4 Å². The Morgan fingerprint density at radius 2 is 2.33 bits per heavy atom. The van der Waals surface area contributed by atoms with E-state index in [1.165, 1.54) is 18.3 Å². The number of amides is 1. The van der Waals surface area contributed by atoms with Crippen molar-refractivity contribution >= 4 is 11.9 Å². The van der Waals surface area contributed by atoms with Crippen LogP contribution in [0.15, 0.2) is 0 Å². The van der Waals surface area contributed by atoms with E-state index in [1.54, 1.807) is 0 Å². The molecule has 0 aromatic heterocycles. The highest BCUT2D eigenvalue weighted by Crippen LogP contribution is 2.18. The molecule has 1 saturated heterocycles. The predicted octanol–water partition coefficient (Wildman–Crippen LogP) is -0.352. The number of likely N-dealkylation sites (tertiary alicyclic amines) is 1. The molecule has 1 aliphatic heterocycles. The van der Waals surface area contributed by atoms with Gasteiger partial charge in [-0.15, -0.1) is 0 Å². The van der Waals surface area contributed by atoms with Crippen molar-refractivity contribution in [3.8, 4) is 6.26 Å². The number of methoxy groups -OCH3 is 1. The summed E-state index contributed by atoms with van der Waals surface area (Å²) in [5, 5.41) is 8.14. The fourth-order valence-corrected chi connectivity index (χ4v) is 1.62. The van der Waals surface area contributed by atoms with Crippen LogP contribution in [-0.4, -0.2) is 43.1 Å². The molecule has 1 unspecified atom stereocenters. The third-order valence-electron chi connectivity index (χ3n) is 2.31. The lowest BCUT2D eigenvalue weighted by Crippen LogP contribution is -2.42. The van der Waals surface area contributed by atoms with Crippen LogP contribution in [0.3, 0.4) is 0 Å². The summed E-state index contributed by atoms with van der Waals surface area (Å²) in [6.45, 7) is 0.192. The quantitative estimate of drug-likeness (QED) is 0.471. The van der Waals surface area contributed by atoms with Crippen molar-refractivity contribution in [2.75, 3.05) is 20.3 Å². The van der Waals surface area contributed by atoms with Crippen molar-refractivity contribution in [3.63, 3.8) is 0 Å². The maximum atomic E-state index is 11.5. The van der Waals surface area contributed by atoms with Gasteiger partial charge in [0.1, 0.15) is 6.04 Å². The minimum absolute atomic E-state index is 0.315. The second-order valence-electron chi connectivity index (χ2n) is 3.15. The normalized spacial score (nSPS) is 19.5. The molecular formula is C9H12N2O4. The number of carbonyl (C=O) groups excluding carboxylic acids is 2. The van der Waals surface area contributed by atoms with Crippen molar-refractivity contribution in [3.05, 3.63) is 0 Å². The lowest BCUT2D eigenvalue weighted by atomic mass is 10.2. The van der Waals surface area contributed by atoms with Crippen molar-refractivity contribution in [2.45, 2.75) is 18.9 Å². The van der Waals surface area contributed by atoms with E-state index in [9.17, 15) is 9.59 Å². The summed E-state index contributed by atoms with van der Waals surface area (Å²) in [5.41, 5.74) is 0. The van der Waals surface area contributed by atoms with Gasteiger partial charge in [-0.2, -0.15) is 5.26 Å². The number of carbonyl (C=O) groups is 2. The minimum atomic E-state index is -0.523. The maximum Gasteiger partial charge on any atom is 0.328 e. The summed E-state index contributed by atoms with van der Waals surface area (Å²) in [6, 6.07) is -0.523. The number of esters is 1. The lowest BCUT2D eigenvalue weighted by Gasteiger charge is -2.21. The second-order valence-corrected chi connectivity index (χ2v) is 3.15. The van der Waals surface area contributed by atoms with Crippen LogP contribution in [0.2, 0.25) is 0 Å². The van der Waals surface area contributed by atoms with Gasteiger partial charge in [0.25, 0.3) is 12.2 Å². The van der Waals surface area contributed by atoms with Crippen LogP contribution in [0.4, 0.5) is 0 Å². The highest BCUT2D eigenvalue weighted by atomic mass is 16.5. The largest absolute Gasteiger partial charge is 0.467 e. The zero-order valence-corrected chi connectivity index (χ0v) is 8.43. The van der Waals surface area contributed by atoms with Crippen LogP contribution in [0.25, 0.3) is 0 Å². The molecule has 0 radical (unpaired) electrons. The Hall–Kier alpha value is -1.77. The molecule has 6 nitrogen and oxygen atoms in total. The minimum Gasteiger partial charge on any atom is -0.467 e. The van der Waals surface area contributed by atoms with Gasteiger partial charge in [-0.3, -0.25) is 4.79 Å². The molecule has 15 heavy (non-hydrogen) atoms. The summed E-state index contributed by atoms with van der Waals surface area (Å²) in [7, 11) is 1.29. The van der Waals surface area contributed by atoms with Crippen LogP contribution >= 0.6 is 0 Å². The van der Waals surface area contributed by atoms with Gasteiger partial charge in [-0.1, -0.05) is 0 Å². The van der Waals surface area contributed by atoms with E-state index in [0.29, 0.717) is 13.0 Å². The summed E-state index contributed by atoms with van der Waals surface area (Å²) in [4.78, 5) is 24.1. The van der Waals surface area contributed by atoms with Gasteiger partial charge in [0.05, 0.1) is 7.11 Å². The van der Waals surface area contributed by atoms with Crippen LogP contribution < -0.4 is 0 Å². The fraction of sp³-hybridized carbons (Fsp3) is 0.667. The summed E-state index contributed by atoms with van der Waals surface area (Å²) in [5.74, 6) is -0.776. The Bertz CT molecular complexity index is 297. The third-order valence-corrected chi connectivity index (χ3v) is 2.31. The first-order chi connectivity index (χ1) is 7.20. The molecule has 82 valence electrons. The van der Waals surface area contributed by atoms with Crippen LogP contribution in [0.5, 0.6) is 0 Å². The molecule has 0 aromatic rings. The average molecular weight is 212 g/mol. The number of nitriles is 1. The molecule has 0 aliphatic carbocycles. The number of hydrogen-bond donors (Lipinski definition) is 0. The highest BCUT2D eigenvalue weighted by Gasteiger charge is 2.34. The van der Waals surface area contributed by atoms with Gasteiger partial charge in [0.15, 0.2) is 6.61 Å². The molecule has 1 fully saturated rings. The lowest BCUT2D eigenvalue weighted by molar-refractivity contribution is -0.151. The first-order valence-corrected chi connectivity index (χ1v) is 4.59. The monoisotopic (exact) mass is 212 g/mol. The van der Waals surface area contributed by atoms with E-state index in [4.69, 9.17) is 5.26 Å². The van der Waals surface area contributed by atoms with Gasteiger partial charge >= 0.3 is 5.97 Å². The predicted molar refractivity (Wildman–Crippen MR) is 48.3 cm³/mol. The molecule has 1 rings (SSSR count). The number of ether oxygens (including phenoxy) is 2. The van der Waals surface area contributed by atoms with E-state index in [2.05, 4.69) is 9.47 Å². The molecule has 1 atom stereocenters. The average Bonchev–Trinajstić information content (AvgIpc) is 2.73. The van der Waals surface area contributed by atoms with E-state index >= 15 is 0 Å². The van der Waals surface area contributed by atoms with Crippen LogP contribution in [0, 0.1) is 11.5 Å². The van der Waals surface area contributed by atoms with E-state index in [0.717, 1.165) is 6.42 Å². The SMILES string of the molecule is COC(=O)C1CCCN1C(=O)COC#N. The van der Waals surface area contributed by atoms with Crippen molar-refractivity contribution in [2.24, 2.45) is 0 Å². The number of nitrogens with zero attached hydrogens (tertiary/aromatic N) is 2. The van der Waals surface area contributed by atoms with E-state index < -0.39 is 12.0 Å². The van der Waals surface area contributed by atoms with Crippen molar-refractivity contribution in [1.82, 2.24) is 4.90 Å². The standard InChI is InChI=1S/C9H12N2O4/c1-14-9(13)7-3-2-4-11(7)8(12)5-15-6-10/h7H,2-5H2,1H3. The van der Waals surface area contributed by atoms with Gasteiger partial charge in [-0.05, 0) is 12.8 Å². The Kier molecular flexibility index (Phi) is 3.92. The Morgan fingerprint density at radius 3 is 2.93 bits per heavy atom. The number of hydrogen-bond acceptors (Lipinski definition) is 5. The molecule has 0 saturated carbocycles. The van der Waals surface area contributed by atoms with Crippen LogP contribution in [0.1, 0.15) is 12.8 Å². The van der Waals surface area contributed by atoms with Gasteiger partial charge in [0, 0.05) is 6.54 Å². The highest BCUT2D eigenvalue weighted by molar-refractivity contribution is 5.85. The van der Waals surface area contributed by atoms with Gasteiger partial charge in [0.2, 0.25) is 0 Å². The maximum absolute atomic E-state index is 11.5. The molecular weight excluding hydrogens is 200 g/mol.